The maximum Gasteiger partial charge on any atom is 0.0493 e. The molecule has 0 spiro atoms. The Bertz CT molecular complexity index is 319. The second-order valence-corrected chi connectivity index (χ2v) is 3.81. The molecule has 0 aliphatic carbocycles. The molecule has 0 aliphatic heterocycles. The molecule has 1 nitrogen and oxygen atoms in total. The zero-order chi connectivity index (χ0) is 10.6. The van der Waals surface area contributed by atoms with Gasteiger partial charge in [-0.3, -0.25) is 0 Å². The van der Waals surface area contributed by atoms with Gasteiger partial charge in [-0.2, -0.15) is 0 Å². The van der Waals surface area contributed by atoms with E-state index in [0.717, 1.165) is 17.6 Å². The predicted molar refractivity (Wildman–Crippen MR) is 63.8 cm³/mol. The molecule has 0 radical (unpaired) electrons. The highest BCUT2D eigenvalue weighted by Gasteiger charge is 2.02. The Morgan fingerprint density at radius 3 is 2.36 bits per heavy atom. The molecule has 76 valence electrons. The van der Waals surface area contributed by atoms with Gasteiger partial charge in [-0.1, -0.05) is 47.8 Å². The minimum Gasteiger partial charge on any atom is -0.327 e. The van der Waals surface area contributed by atoms with Crippen LogP contribution in [0.15, 0.2) is 23.8 Å². The van der Waals surface area contributed by atoms with Crippen molar-refractivity contribution in [3.8, 4) is 0 Å². The Morgan fingerprint density at radius 1 is 1.36 bits per heavy atom. The van der Waals surface area contributed by atoms with Crippen LogP contribution in [0.2, 0.25) is 10.0 Å². The molecule has 0 unspecified atom stereocenters. The molecule has 14 heavy (non-hydrogen) atoms. The lowest BCUT2D eigenvalue weighted by atomic mass is 10.1. The first-order valence-electron chi connectivity index (χ1n) is 4.52. The summed E-state index contributed by atoms with van der Waals surface area (Å²) in [4.78, 5) is 0. The Kier molecular flexibility index (Phi) is 4.46. The van der Waals surface area contributed by atoms with Crippen LogP contribution in [0.25, 0.3) is 6.08 Å². The lowest BCUT2D eigenvalue weighted by molar-refractivity contribution is 1.02. The molecule has 0 bridgehead atoms. The summed E-state index contributed by atoms with van der Waals surface area (Å²) in [6.45, 7) is 2.60. The summed E-state index contributed by atoms with van der Waals surface area (Å²) in [7, 11) is 0. The second kappa shape index (κ2) is 5.40. The van der Waals surface area contributed by atoms with Crippen molar-refractivity contribution in [1.82, 2.24) is 0 Å². The fourth-order valence-electron chi connectivity index (χ4n) is 1.16. The molecule has 0 aliphatic rings. The highest BCUT2D eigenvalue weighted by Crippen LogP contribution is 2.26. The van der Waals surface area contributed by atoms with Gasteiger partial charge in [0.25, 0.3) is 0 Å². The molecule has 1 aromatic carbocycles. The third-order valence-corrected chi connectivity index (χ3v) is 2.72. The van der Waals surface area contributed by atoms with Crippen LogP contribution < -0.4 is 5.73 Å². The Morgan fingerprint density at radius 2 is 1.93 bits per heavy atom. The van der Waals surface area contributed by atoms with Crippen molar-refractivity contribution in [2.75, 3.05) is 6.54 Å². The molecule has 0 fully saturated rings. The van der Waals surface area contributed by atoms with Crippen molar-refractivity contribution in [2.24, 2.45) is 5.73 Å². The predicted octanol–water partition coefficient (Wildman–Crippen LogP) is 3.75. The molecule has 0 saturated carbocycles. The molecule has 0 aromatic heterocycles. The molecule has 1 rings (SSSR count). The van der Waals surface area contributed by atoms with Crippen LogP contribution in [0, 0.1) is 0 Å². The van der Waals surface area contributed by atoms with Gasteiger partial charge in [0.2, 0.25) is 0 Å². The Hall–Kier alpha value is -0.500. The van der Waals surface area contributed by atoms with Gasteiger partial charge in [0.15, 0.2) is 0 Å². The van der Waals surface area contributed by atoms with E-state index >= 15 is 0 Å². The first-order chi connectivity index (χ1) is 6.69. The Balaban J connectivity index is 3.12. The van der Waals surface area contributed by atoms with E-state index in [1.165, 1.54) is 0 Å². The zero-order valence-corrected chi connectivity index (χ0v) is 9.57. The topological polar surface area (TPSA) is 26.0 Å². The lowest BCUT2D eigenvalue weighted by Crippen LogP contribution is -2.01. The molecule has 3 heteroatoms. The molecule has 2 N–H and O–H groups in total. The van der Waals surface area contributed by atoms with Crippen molar-refractivity contribution in [3.05, 3.63) is 39.4 Å². The number of benzene rings is 1. The van der Waals surface area contributed by atoms with E-state index in [4.69, 9.17) is 28.9 Å². The second-order valence-electron chi connectivity index (χ2n) is 3.00. The van der Waals surface area contributed by atoms with Gasteiger partial charge in [0, 0.05) is 22.2 Å². The van der Waals surface area contributed by atoms with Crippen molar-refractivity contribution in [3.63, 3.8) is 0 Å². The standard InChI is InChI=1S/C11H13Cl2N/c1-2-8(7-14)6-9-10(12)4-3-5-11(9)13/h3-6H,2,7,14H2,1H3. The molecule has 1 aromatic rings. The Labute approximate surface area is 94.5 Å². The van der Waals surface area contributed by atoms with Crippen LogP contribution >= 0.6 is 23.2 Å². The molecule has 0 heterocycles. The quantitative estimate of drug-likeness (QED) is 0.840. The van der Waals surface area contributed by atoms with E-state index in [1.807, 2.05) is 24.3 Å². The number of halogens is 2. The number of rotatable bonds is 3. The zero-order valence-electron chi connectivity index (χ0n) is 8.06. The van der Waals surface area contributed by atoms with Crippen molar-refractivity contribution in [2.45, 2.75) is 13.3 Å². The number of hydrogen-bond acceptors (Lipinski definition) is 1. The average molecular weight is 230 g/mol. The summed E-state index contributed by atoms with van der Waals surface area (Å²) in [6.07, 6.45) is 2.88. The lowest BCUT2D eigenvalue weighted by Gasteiger charge is -2.04. The maximum atomic E-state index is 6.02. The SMILES string of the molecule is CCC(=Cc1c(Cl)cccc1Cl)CN. The summed E-state index contributed by atoms with van der Waals surface area (Å²) in [6, 6.07) is 5.47. The molecule has 0 amide bonds. The maximum absolute atomic E-state index is 6.02. The highest BCUT2D eigenvalue weighted by molar-refractivity contribution is 6.37. The van der Waals surface area contributed by atoms with E-state index in [0.29, 0.717) is 16.6 Å². The van der Waals surface area contributed by atoms with Crippen molar-refractivity contribution >= 4 is 29.3 Å². The van der Waals surface area contributed by atoms with Gasteiger partial charge in [0.1, 0.15) is 0 Å². The van der Waals surface area contributed by atoms with Crippen LogP contribution in [0.3, 0.4) is 0 Å². The smallest absolute Gasteiger partial charge is 0.0493 e. The van der Waals surface area contributed by atoms with Crippen molar-refractivity contribution in [1.29, 1.82) is 0 Å². The third-order valence-electron chi connectivity index (χ3n) is 2.06. The largest absolute Gasteiger partial charge is 0.327 e. The number of hydrogen-bond donors (Lipinski definition) is 1. The van der Waals surface area contributed by atoms with Crippen LogP contribution in [0.1, 0.15) is 18.9 Å². The fraction of sp³-hybridized carbons (Fsp3) is 0.273. The monoisotopic (exact) mass is 229 g/mol. The molecule has 0 saturated heterocycles. The van der Waals surface area contributed by atoms with Gasteiger partial charge in [-0.15, -0.1) is 0 Å². The summed E-state index contributed by atoms with van der Waals surface area (Å²) in [5, 5.41) is 1.33. The summed E-state index contributed by atoms with van der Waals surface area (Å²) >= 11 is 12.0. The van der Waals surface area contributed by atoms with E-state index < -0.39 is 0 Å². The van der Waals surface area contributed by atoms with E-state index in [2.05, 4.69) is 6.92 Å². The molecule has 0 atom stereocenters. The first kappa shape index (κ1) is 11.6. The first-order valence-corrected chi connectivity index (χ1v) is 5.28. The summed E-state index contributed by atoms with van der Waals surface area (Å²) in [5.41, 5.74) is 7.58. The van der Waals surface area contributed by atoms with Gasteiger partial charge in [-0.25, -0.2) is 0 Å². The van der Waals surface area contributed by atoms with Gasteiger partial charge in [-0.05, 0) is 18.6 Å². The molecular formula is C11H13Cl2N. The van der Waals surface area contributed by atoms with Gasteiger partial charge in [0.05, 0.1) is 0 Å². The average Bonchev–Trinajstić information content (AvgIpc) is 2.18. The van der Waals surface area contributed by atoms with Gasteiger partial charge < -0.3 is 5.73 Å². The van der Waals surface area contributed by atoms with Gasteiger partial charge >= 0.3 is 0 Å². The summed E-state index contributed by atoms with van der Waals surface area (Å²) in [5.74, 6) is 0. The van der Waals surface area contributed by atoms with Crippen molar-refractivity contribution < 1.29 is 0 Å². The fourth-order valence-corrected chi connectivity index (χ4v) is 1.66. The number of nitrogens with two attached hydrogens (primary N) is 1. The van der Waals surface area contributed by atoms with E-state index in [1.54, 1.807) is 0 Å². The normalized spacial score (nSPS) is 11.9. The van der Waals surface area contributed by atoms with E-state index in [-0.39, 0.29) is 0 Å². The summed E-state index contributed by atoms with van der Waals surface area (Å²) < 4.78 is 0. The van der Waals surface area contributed by atoms with Crippen LogP contribution in [0.4, 0.5) is 0 Å². The third kappa shape index (κ3) is 2.74. The van der Waals surface area contributed by atoms with E-state index in [9.17, 15) is 0 Å². The molecular weight excluding hydrogens is 217 g/mol. The van der Waals surface area contributed by atoms with Crippen LogP contribution in [0.5, 0.6) is 0 Å². The minimum absolute atomic E-state index is 0.540. The van der Waals surface area contributed by atoms with Crippen LogP contribution in [-0.4, -0.2) is 6.54 Å². The van der Waals surface area contributed by atoms with Crippen LogP contribution in [-0.2, 0) is 0 Å². The minimum atomic E-state index is 0.540. The highest BCUT2D eigenvalue weighted by atomic mass is 35.5.